The molecule has 0 bridgehead atoms. The van der Waals surface area contributed by atoms with Gasteiger partial charge in [0, 0.05) is 0 Å². The number of hydrogen-bond acceptors (Lipinski definition) is 4. The second-order valence-corrected chi connectivity index (χ2v) is 4.67. The standard InChI is InChI=1S/C14H19NO4/c1-3-19-11-6-4-10(5-7-11)14(8-18-9-14)12(15-2)13(16)17/h4-7,12,15H,3,8-9H2,1-2H3,(H,16,17). The Morgan fingerprint density at radius 1 is 1.47 bits per heavy atom. The van der Waals surface area contributed by atoms with Crippen molar-refractivity contribution in [1.82, 2.24) is 5.32 Å². The fourth-order valence-corrected chi connectivity index (χ4v) is 2.51. The Labute approximate surface area is 112 Å². The molecule has 1 aromatic carbocycles. The molecule has 2 rings (SSSR count). The van der Waals surface area contributed by atoms with Gasteiger partial charge in [-0.25, -0.2) is 0 Å². The van der Waals surface area contributed by atoms with E-state index in [1.165, 1.54) is 0 Å². The molecule has 5 heteroatoms. The number of ether oxygens (including phenoxy) is 2. The van der Waals surface area contributed by atoms with Crippen LogP contribution in [0.3, 0.4) is 0 Å². The lowest BCUT2D eigenvalue weighted by atomic mass is 9.72. The Hall–Kier alpha value is -1.59. The SMILES string of the molecule is CCOc1ccc(C2(C(NC)C(=O)O)COC2)cc1. The molecule has 1 saturated heterocycles. The molecule has 2 N–H and O–H groups in total. The van der Waals surface area contributed by atoms with Gasteiger partial charge in [-0.3, -0.25) is 4.79 Å². The third kappa shape index (κ3) is 2.43. The van der Waals surface area contributed by atoms with E-state index in [0.29, 0.717) is 19.8 Å². The van der Waals surface area contributed by atoms with Gasteiger partial charge in [0.15, 0.2) is 0 Å². The number of carboxylic acid groups (broad SMARTS) is 1. The molecule has 1 aromatic rings. The van der Waals surface area contributed by atoms with Crippen molar-refractivity contribution in [1.29, 1.82) is 0 Å². The lowest BCUT2D eigenvalue weighted by Gasteiger charge is -2.45. The Balaban J connectivity index is 2.28. The highest BCUT2D eigenvalue weighted by molar-refractivity contribution is 5.76. The van der Waals surface area contributed by atoms with Crippen LogP contribution in [0.15, 0.2) is 24.3 Å². The number of carbonyl (C=O) groups is 1. The zero-order valence-electron chi connectivity index (χ0n) is 11.2. The van der Waals surface area contributed by atoms with Crippen LogP contribution in [0.25, 0.3) is 0 Å². The van der Waals surface area contributed by atoms with Gasteiger partial charge in [-0.1, -0.05) is 12.1 Å². The summed E-state index contributed by atoms with van der Waals surface area (Å²) in [6.45, 7) is 3.37. The molecule has 0 radical (unpaired) electrons. The van der Waals surface area contributed by atoms with Crippen LogP contribution in [-0.4, -0.2) is 44.0 Å². The van der Waals surface area contributed by atoms with Crippen molar-refractivity contribution in [3.63, 3.8) is 0 Å². The van der Waals surface area contributed by atoms with Gasteiger partial charge in [-0.05, 0) is 31.7 Å². The molecule has 1 heterocycles. The summed E-state index contributed by atoms with van der Waals surface area (Å²) >= 11 is 0. The summed E-state index contributed by atoms with van der Waals surface area (Å²) in [7, 11) is 1.66. The predicted molar refractivity (Wildman–Crippen MR) is 70.6 cm³/mol. The highest BCUT2D eigenvalue weighted by Crippen LogP contribution is 2.36. The smallest absolute Gasteiger partial charge is 0.321 e. The monoisotopic (exact) mass is 265 g/mol. The number of carboxylic acids is 1. The van der Waals surface area contributed by atoms with Crippen molar-refractivity contribution in [3.8, 4) is 5.75 Å². The second-order valence-electron chi connectivity index (χ2n) is 4.67. The predicted octanol–water partition coefficient (Wildman–Crippen LogP) is 1.03. The van der Waals surface area contributed by atoms with Crippen molar-refractivity contribution < 1.29 is 19.4 Å². The zero-order chi connectivity index (χ0) is 13.9. The number of benzene rings is 1. The molecule has 5 nitrogen and oxygen atoms in total. The summed E-state index contributed by atoms with van der Waals surface area (Å²) in [6, 6.07) is 6.92. The summed E-state index contributed by atoms with van der Waals surface area (Å²) in [5.41, 5.74) is 0.467. The van der Waals surface area contributed by atoms with Crippen LogP contribution in [0.4, 0.5) is 0 Å². The van der Waals surface area contributed by atoms with Crippen LogP contribution in [-0.2, 0) is 14.9 Å². The molecule has 1 unspecified atom stereocenters. The summed E-state index contributed by atoms with van der Waals surface area (Å²) in [6.07, 6.45) is 0. The summed E-state index contributed by atoms with van der Waals surface area (Å²) < 4.78 is 10.7. The maximum absolute atomic E-state index is 11.4. The maximum Gasteiger partial charge on any atom is 0.321 e. The second kappa shape index (κ2) is 5.59. The Morgan fingerprint density at radius 3 is 2.47 bits per heavy atom. The van der Waals surface area contributed by atoms with Crippen molar-refractivity contribution in [2.24, 2.45) is 0 Å². The summed E-state index contributed by atoms with van der Waals surface area (Å²) in [4.78, 5) is 11.4. The van der Waals surface area contributed by atoms with Gasteiger partial charge >= 0.3 is 5.97 Å². The Morgan fingerprint density at radius 2 is 2.11 bits per heavy atom. The van der Waals surface area contributed by atoms with E-state index in [1.54, 1.807) is 7.05 Å². The molecule has 0 saturated carbocycles. The number of likely N-dealkylation sites (N-methyl/N-ethyl adjacent to an activating group) is 1. The first kappa shape index (κ1) is 13.8. The van der Waals surface area contributed by atoms with Gasteiger partial charge in [0.05, 0.1) is 25.2 Å². The van der Waals surface area contributed by atoms with E-state index in [4.69, 9.17) is 9.47 Å². The fraction of sp³-hybridized carbons (Fsp3) is 0.500. The maximum atomic E-state index is 11.4. The molecule has 1 aliphatic heterocycles. The fourth-order valence-electron chi connectivity index (χ4n) is 2.51. The largest absolute Gasteiger partial charge is 0.494 e. The lowest BCUT2D eigenvalue weighted by Crippen LogP contribution is -2.62. The third-order valence-electron chi connectivity index (χ3n) is 3.55. The quantitative estimate of drug-likeness (QED) is 0.804. The first-order valence-electron chi connectivity index (χ1n) is 6.35. The van der Waals surface area contributed by atoms with E-state index in [-0.39, 0.29) is 0 Å². The summed E-state index contributed by atoms with van der Waals surface area (Å²) in [5, 5.41) is 12.2. The number of aliphatic carboxylic acids is 1. The molecular weight excluding hydrogens is 246 g/mol. The molecule has 0 spiro atoms. The molecule has 1 atom stereocenters. The van der Waals surface area contributed by atoms with Crippen molar-refractivity contribution in [3.05, 3.63) is 29.8 Å². The molecule has 0 aromatic heterocycles. The zero-order valence-corrected chi connectivity index (χ0v) is 11.2. The van der Waals surface area contributed by atoms with Gasteiger partial charge in [-0.15, -0.1) is 0 Å². The molecule has 1 aliphatic rings. The highest BCUT2D eigenvalue weighted by atomic mass is 16.5. The average molecular weight is 265 g/mol. The van der Waals surface area contributed by atoms with Crippen molar-refractivity contribution in [2.75, 3.05) is 26.9 Å². The van der Waals surface area contributed by atoms with Gasteiger partial charge in [0.1, 0.15) is 11.8 Å². The van der Waals surface area contributed by atoms with Crippen LogP contribution >= 0.6 is 0 Å². The van der Waals surface area contributed by atoms with E-state index >= 15 is 0 Å². The van der Waals surface area contributed by atoms with Gasteiger partial charge in [0.2, 0.25) is 0 Å². The minimum atomic E-state index is -0.861. The van der Waals surface area contributed by atoms with Crippen LogP contribution in [0.2, 0.25) is 0 Å². The summed E-state index contributed by atoms with van der Waals surface area (Å²) in [5.74, 6) is -0.0716. The molecule has 0 amide bonds. The molecular formula is C14H19NO4. The Bertz CT molecular complexity index is 439. The van der Waals surface area contributed by atoms with Crippen LogP contribution in [0.5, 0.6) is 5.75 Å². The van der Waals surface area contributed by atoms with Gasteiger partial charge in [-0.2, -0.15) is 0 Å². The normalized spacial score (nSPS) is 18.4. The van der Waals surface area contributed by atoms with Crippen LogP contribution in [0.1, 0.15) is 12.5 Å². The number of nitrogens with one attached hydrogen (secondary N) is 1. The third-order valence-corrected chi connectivity index (χ3v) is 3.55. The van der Waals surface area contributed by atoms with Crippen molar-refractivity contribution >= 4 is 5.97 Å². The average Bonchev–Trinajstić information content (AvgIpc) is 2.34. The molecule has 104 valence electrons. The minimum Gasteiger partial charge on any atom is -0.494 e. The minimum absolute atomic E-state index is 0.415. The van der Waals surface area contributed by atoms with E-state index in [1.807, 2.05) is 31.2 Å². The van der Waals surface area contributed by atoms with Gasteiger partial charge in [0.25, 0.3) is 0 Å². The van der Waals surface area contributed by atoms with E-state index in [0.717, 1.165) is 11.3 Å². The highest BCUT2D eigenvalue weighted by Gasteiger charge is 2.50. The van der Waals surface area contributed by atoms with E-state index < -0.39 is 17.4 Å². The van der Waals surface area contributed by atoms with Crippen LogP contribution < -0.4 is 10.1 Å². The topological polar surface area (TPSA) is 67.8 Å². The van der Waals surface area contributed by atoms with Crippen LogP contribution in [0, 0.1) is 0 Å². The van der Waals surface area contributed by atoms with Gasteiger partial charge < -0.3 is 19.9 Å². The molecule has 0 aliphatic carbocycles. The molecule has 1 fully saturated rings. The first-order valence-corrected chi connectivity index (χ1v) is 6.35. The number of rotatable bonds is 6. The Kier molecular flexibility index (Phi) is 4.07. The molecule has 19 heavy (non-hydrogen) atoms. The van der Waals surface area contributed by atoms with Crippen molar-refractivity contribution in [2.45, 2.75) is 18.4 Å². The first-order chi connectivity index (χ1) is 9.14. The van der Waals surface area contributed by atoms with E-state index in [2.05, 4.69) is 5.32 Å². The van der Waals surface area contributed by atoms with E-state index in [9.17, 15) is 9.90 Å². The number of hydrogen-bond donors (Lipinski definition) is 2. The lowest BCUT2D eigenvalue weighted by molar-refractivity contribution is -0.150.